The van der Waals surface area contributed by atoms with Crippen LogP contribution >= 0.6 is 0 Å². The third kappa shape index (κ3) is 3.28. The molecule has 7 heteroatoms. The van der Waals surface area contributed by atoms with Gasteiger partial charge >= 0.3 is 0 Å². The van der Waals surface area contributed by atoms with Crippen molar-refractivity contribution in [3.63, 3.8) is 0 Å². The molecule has 2 heterocycles. The lowest BCUT2D eigenvalue weighted by Gasteiger charge is -2.26. The minimum Gasteiger partial charge on any atom is -0.436 e. The van der Waals surface area contributed by atoms with E-state index >= 15 is 0 Å². The molecule has 1 aromatic rings. The van der Waals surface area contributed by atoms with E-state index in [9.17, 15) is 13.2 Å². The number of aromatic nitrogens is 1. The van der Waals surface area contributed by atoms with Gasteiger partial charge in [0.05, 0.1) is 17.2 Å². The minimum absolute atomic E-state index is 0.0384. The molecule has 1 atom stereocenters. The number of hydrogen-bond acceptors (Lipinski definition) is 5. The number of carbonyl (C=O) groups excluding carboxylic acids is 1. The van der Waals surface area contributed by atoms with E-state index < -0.39 is 9.84 Å². The summed E-state index contributed by atoms with van der Waals surface area (Å²) in [6.45, 7) is 7.91. The second-order valence-corrected chi connectivity index (χ2v) is 7.98. The van der Waals surface area contributed by atoms with Crippen LogP contribution in [0.2, 0.25) is 0 Å². The van der Waals surface area contributed by atoms with Gasteiger partial charge in [0.15, 0.2) is 15.7 Å². The summed E-state index contributed by atoms with van der Waals surface area (Å²) >= 11 is 0. The fourth-order valence-corrected chi connectivity index (χ4v) is 4.44. The van der Waals surface area contributed by atoms with Crippen LogP contribution in [-0.4, -0.2) is 48.3 Å². The summed E-state index contributed by atoms with van der Waals surface area (Å²) in [6, 6.07) is -0.266. The third-order valence-electron chi connectivity index (χ3n) is 3.75. The maximum atomic E-state index is 12.7. The standard InChI is InChI=1S/C14H22N2O4S/c1-5-16(11-6-7-21(18,19)8-11)14(17)13-12(9(2)3)15-10(4)20-13/h9,11H,5-8H2,1-4H3. The molecule has 0 spiro atoms. The van der Waals surface area contributed by atoms with Gasteiger partial charge in [0.1, 0.15) is 0 Å². The Kier molecular flexibility index (Phi) is 4.41. The highest BCUT2D eigenvalue weighted by molar-refractivity contribution is 7.91. The van der Waals surface area contributed by atoms with Gasteiger partial charge in [-0.3, -0.25) is 4.79 Å². The molecule has 0 saturated carbocycles. The fraction of sp³-hybridized carbons (Fsp3) is 0.714. The Balaban J connectivity index is 2.29. The number of carbonyl (C=O) groups is 1. The van der Waals surface area contributed by atoms with Crippen LogP contribution in [0.5, 0.6) is 0 Å². The molecule has 1 saturated heterocycles. The predicted octanol–water partition coefficient (Wildman–Crippen LogP) is 1.76. The van der Waals surface area contributed by atoms with Gasteiger partial charge in [0.2, 0.25) is 5.76 Å². The van der Waals surface area contributed by atoms with Crippen molar-refractivity contribution < 1.29 is 17.6 Å². The quantitative estimate of drug-likeness (QED) is 0.846. The van der Waals surface area contributed by atoms with Crippen molar-refractivity contribution in [2.75, 3.05) is 18.1 Å². The molecule has 1 fully saturated rings. The molecule has 1 aromatic heterocycles. The number of hydrogen-bond donors (Lipinski definition) is 0. The molecule has 0 aromatic carbocycles. The van der Waals surface area contributed by atoms with E-state index in [4.69, 9.17) is 4.42 Å². The Hall–Kier alpha value is -1.37. The number of rotatable bonds is 4. The topological polar surface area (TPSA) is 80.5 Å². The van der Waals surface area contributed by atoms with Gasteiger partial charge in [-0.05, 0) is 19.3 Å². The van der Waals surface area contributed by atoms with E-state index in [1.807, 2.05) is 20.8 Å². The first-order chi connectivity index (χ1) is 9.75. The number of oxazole rings is 1. The average molecular weight is 314 g/mol. The molecule has 2 rings (SSSR count). The largest absolute Gasteiger partial charge is 0.436 e. The maximum Gasteiger partial charge on any atom is 0.291 e. The van der Waals surface area contributed by atoms with Gasteiger partial charge in [0, 0.05) is 19.5 Å². The zero-order chi connectivity index (χ0) is 15.8. The Morgan fingerprint density at radius 1 is 1.48 bits per heavy atom. The van der Waals surface area contributed by atoms with E-state index in [0.29, 0.717) is 24.6 Å². The van der Waals surface area contributed by atoms with Crippen molar-refractivity contribution in [2.24, 2.45) is 0 Å². The lowest BCUT2D eigenvalue weighted by molar-refractivity contribution is 0.0672. The van der Waals surface area contributed by atoms with Gasteiger partial charge in [-0.15, -0.1) is 0 Å². The molecule has 1 unspecified atom stereocenters. The first-order valence-electron chi connectivity index (χ1n) is 7.24. The summed E-state index contributed by atoms with van der Waals surface area (Å²) in [4.78, 5) is 18.6. The van der Waals surface area contributed by atoms with Crippen molar-refractivity contribution >= 4 is 15.7 Å². The van der Waals surface area contributed by atoms with Gasteiger partial charge in [0.25, 0.3) is 5.91 Å². The number of nitrogens with zero attached hydrogens (tertiary/aromatic N) is 2. The van der Waals surface area contributed by atoms with Crippen LogP contribution in [0, 0.1) is 6.92 Å². The molecule has 0 N–H and O–H groups in total. The highest BCUT2D eigenvalue weighted by Crippen LogP contribution is 2.25. The molecule has 0 radical (unpaired) electrons. The second-order valence-electron chi connectivity index (χ2n) is 5.75. The highest BCUT2D eigenvalue weighted by atomic mass is 32.2. The predicted molar refractivity (Wildman–Crippen MR) is 79.1 cm³/mol. The average Bonchev–Trinajstić information content (AvgIpc) is 2.93. The third-order valence-corrected chi connectivity index (χ3v) is 5.50. The SMILES string of the molecule is CCN(C(=O)c1oc(C)nc1C(C)C)C1CCS(=O)(=O)C1. The molecule has 118 valence electrons. The number of amides is 1. The maximum absolute atomic E-state index is 12.7. The van der Waals surface area contributed by atoms with Crippen LogP contribution in [0.1, 0.15) is 55.2 Å². The van der Waals surface area contributed by atoms with Crippen molar-refractivity contribution in [3.05, 3.63) is 17.3 Å². The lowest BCUT2D eigenvalue weighted by atomic mass is 10.1. The lowest BCUT2D eigenvalue weighted by Crippen LogP contribution is -2.41. The Bertz CT molecular complexity index is 633. The van der Waals surface area contributed by atoms with Crippen LogP contribution in [0.15, 0.2) is 4.42 Å². The summed E-state index contributed by atoms with van der Waals surface area (Å²) in [5, 5.41) is 0. The van der Waals surface area contributed by atoms with Gasteiger partial charge in [-0.2, -0.15) is 0 Å². The van der Waals surface area contributed by atoms with Crippen molar-refractivity contribution in [2.45, 2.75) is 46.1 Å². The summed E-state index contributed by atoms with van der Waals surface area (Å²) in [5.41, 5.74) is 0.636. The molecule has 1 aliphatic rings. The first kappa shape index (κ1) is 16.0. The van der Waals surface area contributed by atoms with Crippen LogP contribution < -0.4 is 0 Å². The Labute approximate surface area is 125 Å². The normalized spacial score (nSPS) is 20.9. The smallest absolute Gasteiger partial charge is 0.291 e. The van der Waals surface area contributed by atoms with E-state index in [0.717, 1.165) is 0 Å². The van der Waals surface area contributed by atoms with Gasteiger partial charge < -0.3 is 9.32 Å². The first-order valence-corrected chi connectivity index (χ1v) is 9.06. The van der Waals surface area contributed by atoms with Gasteiger partial charge in [-0.1, -0.05) is 13.8 Å². The van der Waals surface area contributed by atoms with E-state index in [1.165, 1.54) is 0 Å². The van der Waals surface area contributed by atoms with Crippen molar-refractivity contribution in [1.82, 2.24) is 9.88 Å². The Morgan fingerprint density at radius 3 is 2.62 bits per heavy atom. The molecule has 1 amide bonds. The molecule has 0 bridgehead atoms. The summed E-state index contributed by atoms with van der Waals surface area (Å²) in [5.74, 6) is 0.701. The van der Waals surface area contributed by atoms with Gasteiger partial charge in [-0.25, -0.2) is 13.4 Å². The van der Waals surface area contributed by atoms with Crippen molar-refractivity contribution in [1.29, 1.82) is 0 Å². The summed E-state index contributed by atoms with van der Waals surface area (Å²) < 4.78 is 28.7. The van der Waals surface area contributed by atoms with Crippen LogP contribution in [-0.2, 0) is 9.84 Å². The number of aryl methyl sites for hydroxylation is 1. The molecule has 6 nitrogen and oxygen atoms in total. The Morgan fingerprint density at radius 2 is 2.14 bits per heavy atom. The summed E-state index contributed by atoms with van der Waals surface area (Å²) in [6.07, 6.45) is 0.492. The molecule has 1 aliphatic heterocycles. The molecule has 21 heavy (non-hydrogen) atoms. The zero-order valence-corrected chi connectivity index (χ0v) is 13.7. The van der Waals surface area contributed by atoms with E-state index in [2.05, 4.69) is 4.98 Å². The van der Waals surface area contributed by atoms with Crippen LogP contribution in [0.4, 0.5) is 0 Å². The molecular weight excluding hydrogens is 292 g/mol. The number of sulfone groups is 1. The van der Waals surface area contributed by atoms with Crippen LogP contribution in [0.3, 0.4) is 0 Å². The van der Waals surface area contributed by atoms with E-state index in [1.54, 1.807) is 11.8 Å². The molecule has 0 aliphatic carbocycles. The fourth-order valence-electron chi connectivity index (χ4n) is 2.71. The highest BCUT2D eigenvalue weighted by Gasteiger charge is 2.36. The summed E-state index contributed by atoms with van der Waals surface area (Å²) in [7, 11) is -3.03. The zero-order valence-electron chi connectivity index (χ0n) is 12.9. The minimum atomic E-state index is -3.03. The molecular formula is C14H22N2O4S. The van der Waals surface area contributed by atoms with Crippen LogP contribution in [0.25, 0.3) is 0 Å². The van der Waals surface area contributed by atoms with Crippen molar-refractivity contribution in [3.8, 4) is 0 Å². The second kappa shape index (κ2) is 5.79. The van der Waals surface area contributed by atoms with E-state index in [-0.39, 0.29) is 35.1 Å². The monoisotopic (exact) mass is 314 g/mol.